The molecule has 0 atom stereocenters. The lowest BCUT2D eigenvalue weighted by Crippen LogP contribution is -2.34. The number of aromatic nitrogens is 3. The molecule has 1 aromatic carbocycles. The van der Waals surface area contributed by atoms with Gasteiger partial charge in [-0.1, -0.05) is 0 Å². The van der Waals surface area contributed by atoms with Gasteiger partial charge in [0.1, 0.15) is 17.5 Å². The first-order valence-corrected chi connectivity index (χ1v) is 12.6. The van der Waals surface area contributed by atoms with Gasteiger partial charge in [-0.25, -0.2) is 4.98 Å². The molecule has 2 aromatic heterocycles. The minimum absolute atomic E-state index is 0.252. The topological polar surface area (TPSA) is 92.7 Å². The summed E-state index contributed by atoms with van der Waals surface area (Å²) < 4.78 is 1.67. The number of nitrogens with zero attached hydrogens (tertiary/aromatic N) is 6. The molecule has 8 nitrogen and oxygen atoms in total. The van der Waals surface area contributed by atoms with Crippen LogP contribution < -0.4 is 10.2 Å². The number of rotatable bonds is 10. The first kappa shape index (κ1) is 24.6. The Morgan fingerprint density at radius 1 is 1.15 bits per heavy atom. The summed E-state index contributed by atoms with van der Waals surface area (Å²) in [6.07, 6.45) is 3.51. The highest BCUT2D eigenvalue weighted by molar-refractivity contribution is 6.18. The van der Waals surface area contributed by atoms with E-state index in [1.807, 2.05) is 30.3 Å². The molecule has 2 N–H and O–H groups in total. The fourth-order valence-corrected chi connectivity index (χ4v) is 4.70. The van der Waals surface area contributed by atoms with E-state index in [0.29, 0.717) is 35.4 Å². The summed E-state index contributed by atoms with van der Waals surface area (Å²) in [7, 11) is 0. The van der Waals surface area contributed by atoms with Crippen molar-refractivity contribution in [3.8, 4) is 6.07 Å². The second-order valence-electron chi connectivity index (χ2n) is 8.48. The Balaban J connectivity index is 1.57. The zero-order valence-corrected chi connectivity index (χ0v) is 20.5. The van der Waals surface area contributed by atoms with Crippen molar-refractivity contribution in [2.75, 3.05) is 54.8 Å². The third kappa shape index (κ3) is 5.73. The van der Waals surface area contributed by atoms with E-state index in [2.05, 4.69) is 26.3 Å². The third-order valence-electron chi connectivity index (χ3n) is 6.21. The van der Waals surface area contributed by atoms with Gasteiger partial charge in [-0.2, -0.15) is 14.9 Å². The molecule has 180 valence electrons. The van der Waals surface area contributed by atoms with Crippen molar-refractivity contribution in [1.82, 2.24) is 19.5 Å². The number of piperidine rings is 1. The van der Waals surface area contributed by atoms with E-state index in [-0.39, 0.29) is 6.61 Å². The van der Waals surface area contributed by atoms with Gasteiger partial charge in [-0.05, 0) is 56.1 Å². The molecule has 4 rings (SSSR count). The molecule has 3 heterocycles. The van der Waals surface area contributed by atoms with Crippen LogP contribution >= 0.6 is 23.2 Å². The predicted molar refractivity (Wildman–Crippen MR) is 136 cm³/mol. The Morgan fingerprint density at radius 2 is 1.85 bits per heavy atom. The van der Waals surface area contributed by atoms with Gasteiger partial charge in [0.2, 0.25) is 0 Å². The van der Waals surface area contributed by atoms with Gasteiger partial charge in [0.05, 0.1) is 11.9 Å². The smallest absolute Gasteiger partial charge is 0.175 e. The van der Waals surface area contributed by atoms with E-state index in [1.165, 1.54) is 0 Å². The van der Waals surface area contributed by atoms with Crippen LogP contribution in [0.3, 0.4) is 0 Å². The Hall–Kier alpha value is -2.57. The molecule has 34 heavy (non-hydrogen) atoms. The second kappa shape index (κ2) is 11.7. The molecular weight excluding hydrogens is 473 g/mol. The lowest BCUT2D eigenvalue weighted by Gasteiger charge is -2.30. The maximum Gasteiger partial charge on any atom is 0.175 e. The van der Waals surface area contributed by atoms with E-state index in [0.717, 1.165) is 61.9 Å². The number of nitrogens with one attached hydrogen (secondary N) is 1. The average Bonchev–Trinajstić information content (AvgIpc) is 3.28. The van der Waals surface area contributed by atoms with E-state index in [4.69, 9.17) is 28.2 Å². The van der Waals surface area contributed by atoms with Crippen molar-refractivity contribution in [3.63, 3.8) is 0 Å². The number of anilines is 3. The summed E-state index contributed by atoms with van der Waals surface area (Å²) in [4.78, 5) is 9.23. The molecule has 1 saturated heterocycles. The van der Waals surface area contributed by atoms with Crippen molar-refractivity contribution >= 4 is 46.0 Å². The van der Waals surface area contributed by atoms with E-state index in [9.17, 15) is 10.4 Å². The zero-order valence-electron chi connectivity index (χ0n) is 19.0. The summed E-state index contributed by atoms with van der Waals surface area (Å²) in [5.41, 5.74) is 3.82. The quantitative estimate of drug-likeness (QED) is 0.407. The summed E-state index contributed by atoms with van der Waals surface area (Å²) in [5, 5.41) is 26.7. The lowest BCUT2D eigenvalue weighted by molar-refractivity contribution is 0.126. The normalized spacial score (nSPS) is 14.9. The maximum absolute atomic E-state index is 9.52. The van der Waals surface area contributed by atoms with Crippen molar-refractivity contribution in [3.05, 3.63) is 47.8 Å². The number of halogens is 2. The number of aliphatic hydroxyl groups excluding tert-OH is 1. The Morgan fingerprint density at radius 3 is 2.47 bits per heavy atom. The molecule has 0 radical (unpaired) electrons. The summed E-state index contributed by atoms with van der Waals surface area (Å²) in [5.74, 6) is 2.20. The number of alkyl halides is 2. The number of hydrogen-bond acceptors (Lipinski definition) is 7. The van der Waals surface area contributed by atoms with Gasteiger partial charge in [-0.15, -0.1) is 23.2 Å². The molecule has 10 heteroatoms. The van der Waals surface area contributed by atoms with Crippen LogP contribution in [0.25, 0.3) is 5.65 Å². The number of nitriles is 1. The largest absolute Gasteiger partial charge is 0.396 e. The van der Waals surface area contributed by atoms with Gasteiger partial charge in [-0.3, -0.25) is 4.90 Å². The molecule has 0 saturated carbocycles. The minimum atomic E-state index is 0.252. The van der Waals surface area contributed by atoms with Crippen molar-refractivity contribution < 1.29 is 5.11 Å². The van der Waals surface area contributed by atoms with Crippen molar-refractivity contribution in [2.24, 2.45) is 5.92 Å². The van der Waals surface area contributed by atoms with E-state index >= 15 is 0 Å². The highest BCUT2D eigenvalue weighted by atomic mass is 35.5. The molecule has 0 spiro atoms. The van der Waals surface area contributed by atoms with Crippen LogP contribution in [0.5, 0.6) is 0 Å². The fourth-order valence-electron chi connectivity index (χ4n) is 4.30. The van der Waals surface area contributed by atoms with Gasteiger partial charge in [0.15, 0.2) is 5.65 Å². The van der Waals surface area contributed by atoms with Crippen LogP contribution in [0.4, 0.5) is 17.2 Å². The Labute approximate surface area is 209 Å². The summed E-state index contributed by atoms with van der Waals surface area (Å²) >= 11 is 11.9. The molecule has 0 amide bonds. The van der Waals surface area contributed by atoms with E-state index in [1.54, 1.807) is 10.7 Å². The van der Waals surface area contributed by atoms with Crippen LogP contribution in [0.15, 0.2) is 36.5 Å². The molecule has 1 aliphatic rings. The number of fused-ring (bicyclic) bond motifs is 1. The number of aliphatic hydroxyl groups is 1. The molecule has 0 aliphatic carbocycles. The number of hydrogen-bond donors (Lipinski definition) is 2. The van der Waals surface area contributed by atoms with Gasteiger partial charge < -0.3 is 15.3 Å². The van der Waals surface area contributed by atoms with Gasteiger partial charge in [0, 0.05) is 55.4 Å². The van der Waals surface area contributed by atoms with Crippen LogP contribution in [0.1, 0.15) is 24.1 Å². The zero-order chi connectivity index (χ0) is 23.9. The molecule has 0 bridgehead atoms. The molecule has 0 unspecified atom stereocenters. The summed E-state index contributed by atoms with van der Waals surface area (Å²) in [6.45, 7) is 4.25. The minimum Gasteiger partial charge on any atom is -0.396 e. The fraction of sp³-hybridized carbons (Fsp3) is 0.458. The maximum atomic E-state index is 9.52. The predicted octanol–water partition coefficient (Wildman–Crippen LogP) is 3.83. The molecular formula is C24H29Cl2N7O. The SMILES string of the molecule is N#Cc1cnn2c(Nc3ccc(N(CCCl)CCCl)cc3)cc(CN3CCC(CO)CC3)nc12. The lowest BCUT2D eigenvalue weighted by atomic mass is 9.98. The average molecular weight is 502 g/mol. The summed E-state index contributed by atoms with van der Waals surface area (Å²) in [6, 6.07) is 12.3. The van der Waals surface area contributed by atoms with Crippen molar-refractivity contribution in [1.29, 1.82) is 5.26 Å². The standard InChI is InChI=1S/C24H29Cl2N7O/c25-7-11-32(12-8-26)22-3-1-20(2-4-22)29-23-13-21(16-31-9-5-18(17-34)6-10-31)30-24-19(14-27)15-28-33(23)24/h1-4,13,15,18,29,34H,5-12,16-17H2. The number of benzene rings is 1. The Bertz CT molecular complexity index is 1110. The highest BCUT2D eigenvalue weighted by Crippen LogP contribution is 2.25. The molecule has 1 fully saturated rings. The van der Waals surface area contributed by atoms with Crippen LogP contribution in [0.2, 0.25) is 0 Å². The first-order valence-electron chi connectivity index (χ1n) is 11.5. The van der Waals surface area contributed by atoms with Crippen LogP contribution in [-0.2, 0) is 6.54 Å². The Kier molecular flexibility index (Phi) is 8.46. The van der Waals surface area contributed by atoms with Crippen LogP contribution in [0, 0.1) is 17.2 Å². The van der Waals surface area contributed by atoms with Crippen LogP contribution in [-0.4, -0.2) is 69.2 Å². The van der Waals surface area contributed by atoms with E-state index < -0.39 is 0 Å². The third-order valence-corrected chi connectivity index (χ3v) is 6.55. The molecule has 1 aliphatic heterocycles. The first-order chi connectivity index (χ1) is 16.6. The van der Waals surface area contributed by atoms with Gasteiger partial charge in [0.25, 0.3) is 0 Å². The van der Waals surface area contributed by atoms with Crippen molar-refractivity contribution in [2.45, 2.75) is 19.4 Å². The number of likely N-dealkylation sites (tertiary alicyclic amines) is 1. The van der Waals surface area contributed by atoms with Gasteiger partial charge >= 0.3 is 0 Å². The monoisotopic (exact) mass is 501 g/mol. The molecule has 3 aromatic rings. The second-order valence-corrected chi connectivity index (χ2v) is 9.23. The highest BCUT2D eigenvalue weighted by Gasteiger charge is 2.20.